The highest BCUT2D eigenvalue weighted by atomic mass is 35.5. The van der Waals surface area contributed by atoms with Crippen molar-refractivity contribution < 1.29 is 14.7 Å². The van der Waals surface area contributed by atoms with E-state index in [1.54, 1.807) is 18.2 Å². The van der Waals surface area contributed by atoms with Crippen molar-refractivity contribution in [1.29, 1.82) is 0 Å². The van der Waals surface area contributed by atoms with Crippen LogP contribution in [-0.2, 0) is 9.59 Å². The summed E-state index contributed by atoms with van der Waals surface area (Å²) in [5.41, 5.74) is 0.928. The van der Waals surface area contributed by atoms with Crippen molar-refractivity contribution in [1.82, 2.24) is 0 Å². The quantitative estimate of drug-likeness (QED) is 0.619. The zero-order valence-electron chi connectivity index (χ0n) is 9.89. The van der Waals surface area contributed by atoms with E-state index in [2.05, 4.69) is 11.8 Å². The second-order valence-corrected chi connectivity index (χ2v) is 5.02. The second-order valence-electron chi connectivity index (χ2n) is 4.58. The number of benzene rings is 1. The number of halogens is 1. The molecule has 5 heteroatoms. The topological polar surface area (TPSA) is 57.6 Å². The molecule has 1 aromatic rings. The van der Waals surface area contributed by atoms with Gasteiger partial charge in [0, 0.05) is 10.6 Å². The van der Waals surface area contributed by atoms with Gasteiger partial charge in [-0.05, 0) is 24.6 Å². The Kier molecular flexibility index (Phi) is 2.81. The number of fused-ring (bicyclic) bond motifs is 1. The van der Waals surface area contributed by atoms with Gasteiger partial charge >= 0.3 is 0 Å². The number of amides is 2. The summed E-state index contributed by atoms with van der Waals surface area (Å²) in [6.07, 6.45) is 0.659. The third kappa shape index (κ3) is 1.92. The number of carbonyl (C=O) groups is 2. The van der Waals surface area contributed by atoms with E-state index in [1.807, 2.05) is 0 Å². The Morgan fingerprint density at radius 1 is 1.32 bits per heavy atom. The maximum atomic E-state index is 12.1. The minimum Gasteiger partial charge on any atom is -0.384 e. The molecule has 1 aliphatic carbocycles. The Balaban J connectivity index is 2.06. The Hall–Kier alpha value is -1.83. The lowest BCUT2D eigenvalue weighted by molar-refractivity contribution is -0.123. The normalized spacial score (nSPS) is 24.0. The molecular weight excluding hydrogens is 266 g/mol. The van der Waals surface area contributed by atoms with Crippen LogP contribution in [0.1, 0.15) is 12.0 Å². The average Bonchev–Trinajstić information content (AvgIpc) is 3.13. The summed E-state index contributed by atoms with van der Waals surface area (Å²) >= 11 is 5.93. The van der Waals surface area contributed by atoms with E-state index >= 15 is 0 Å². The molecule has 2 atom stereocenters. The zero-order chi connectivity index (χ0) is 13.6. The molecule has 1 saturated heterocycles. The summed E-state index contributed by atoms with van der Waals surface area (Å²) in [5.74, 6) is 4.57. The summed E-state index contributed by atoms with van der Waals surface area (Å²) in [4.78, 5) is 25.3. The van der Waals surface area contributed by atoms with Crippen LogP contribution >= 0.6 is 11.6 Å². The number of carbonyl (C=O) groups excluding carboxylic acids is 2. The van der Waals surface area contributed by atoms with Crippen molar-refractivity contribution in [3.63, 3.8) is 0 Å². The van der Waals surface area contributed by atoms with E-state index in [4.69, 9.17) is 16.7 Å². The molecule has 0 radical (unpaired) electrons. The van der Waals surface area contributed by atoms with Crippen LogP contribution in [0.4, 0.5) is 5.69 Å². The van der Waals surface area contributed by atoms with Crippen LogP contribution in [0.2, 0.25) is 5.02 Å². The standard InChI is InChI=1S/C14H10ClNO3/c15-9-4-3-8(2-1-5-17)12(6-9)16-13(18)10-7-11(10)14(16)19/h3-4,6,10-11,17H,5,7H2. The molecule has 3 rings (SSSR count). The van der Waals surface area contributed by atoms with Gasteiger partial charge in [0.25, 0.3) is 0 Å². The van der Waals surface area contributed by atoms with Gasteiger partial charge in [-0.1, -0.05) is 23.4 Å². The first-order valence-corrected chi connectivity index (χ1v) is 6.28. The molecule has 2 aliphatic rings. The number of piperidine rings is 1. The van der Waals surface area contributed by atoms with E-state index in [0.717, 1.165) is 0 Å². The molecule has 1 aromatic carbocycles. The van der Waals surface area contributed by atoms with Gasteiger partial charge in [-0.3, -0.25) is 9.59 Å². The number of aliphatic hydroxyl groups is 1. The van der Waals surface area contributed by atoms with Crippen molar-refractivity contribution >= 4 is 29.1 Å². The fraction of sp³-hybridized carbons (Fsp3) is 0.286. The van der Waals surface area contributed by atoms with Crippen LogP contribution < -0.4 is 4.90 Å². The van der Waals surface area contributed by atoms with Gasteiger partial charge in [-0.15, -0.1) is 0 Å². The van der Waals surface area contributed by atoms with Gasteiger partial charge in [0.05, 0.1) is 17.5 Å². The molecule has 0 aromatic heterocycles. The van der Waals surface area contributed by atoms with Crippen molar-refractivity contribution in [3.05, 3.63) is 28.8 Å². The van der Waals surface area contributed by atoms with Gasteiger partial charge in [0.1, 0.15) is 6.61 Å². The van der Waals surface area contributed by atoms with Crippen LogP contribution in [0.5, 0.6) is 0 Å². The number of nitrogens with zero attached hydrogens (tertiary/aromatic N) is 1. The zero-order valence-corrected chi connectivity index (χ0v) is 10.6. The Morgan fingerprint density at radius 3 is 2.63 bits per heavy atom. The lowest BCUT2D eigenvalue weighted by Crippen LogP contribution is -2.33. The van der Waals surface area contributed by atoms with Gasteiger partial charge in [0.15, 0.2) is 0 Å². The highest BCUT2D eigenvalue weighted by Crippen LogP contribution is 2.49. The van der Waals surface area contributed by atoms with E-state index in [0.29, 0.717) is 22.7 Å². The Labute approximate surface area is 115 Å². The fourth-order valence-electron chi connectivity index (χ4n) is 2.35. The molecule has 1 heterocycles. The number of hydrogen-bond acceptors (Lipinski definition) is 3. The van der Waals surface area contributed by atoms with Crippen LogP contribution in [0.3, 0.4) is 0 Å². The number of aliphatic hydroxyl groups excluding tert-OH is 1. The molecule has 2 amide bonds. The third-order valence-electron chi connectivity index (χ3n) is 3.37. The number of imide groups is 1. The number of rotatable bonds is 1. The van der Waals surface area contributed by atoms with E-state index < -0.39 is 0 Å². The van der Waals surface area contributed by atoms with Gasteiger partial charge < -0.3 is 5.11 Å². The fourth-order valence-corrected chi connectivity index (χ4v) is 2.52. The molecule has 2 fully saturated rings. The first-order chi connectivity index (χ1) is 9.13. The van der Waals surface area contributed by atoms with Gasteiger partial charge in [-0.25, -0.2) is 4.90 Å². The van der Waals surface area contributed by atoms with E-state index in [1.165, 1.54) is 4.90 Å². The minimum absolute atomic E-state index is 0.162. The number of anilines is 1. The van der Waals surface area contributed by atoms with Gasteiger partial charge in [-0.2, -0.15) is 0 Å². The molecule has 1 saturated carbocycles. The molecule has 4 nitrogen and oxygen atoms in total. The van der Waals surface area contributed by atoms with Crippen LogP contribution in [-0.4, -0.2) is 23.5 Å². The SMILES string of the molecule is O=C1C2CC2C(=O)N1c1cc(Cl)ccc1C#CCO. The molecule has 2 unspecified atom stereocenters. The smallest absolute Gasteiger partial charge is 0.237 e. The highest BCUT2D eigenvalue weighted by molar-refractivity contribution is 6.32. The first kappa shape index (κ1) is 12.2. The molecule has 19 heavy (non-hydrogen) atoms. The molecule has 0 bridgehead atoms. The van der Waals surface area contributed by atoms with Crippen LogP contribution in [0.15, 0.2) is 18.2 Å². The van der Waals surface area contributed by atoms with Crippen molar-refractivity contribution in [2.75, 3.05) is 11.5 Å². The second kappa shape index (κ2) is 4.37. The summed E-state index contributed by atoms with van der Waals surface area (Å²) in [6.45, 7) is -0.283. The molecule has 0 spiro atoms. The Morgan fingerprint density at radius 2 is 2.00 bits per heavy atom. The summed E-state index contributed by atoms with van der Waals surface area (Å²) in [5, 5.41) is 9.18. The first-order valence-electron chi connectivity index (χ1n) is 5.90. The van der Waals surface area contributed by atoms with Gasteiger partial charge in [0.2, 0.25) is 11.8 Å². The summed E-state index contributed by atoms with van der Waals surface area (Å²) in [7, 11) is 0. The summed E-state index contributed by atoms with van der Waals surface area (Å²) < 4.78 is 0. The van der Waals surface area contributed by atoms with E-state index in [9.17, 15) is 9.59 Å². The lowest BCUT2D eigenvalue weighted by atomic mass is 10.1. The van der Waals surface area contributed by atoms with Crippen LogP contribution in [0.25, 0.3) is 0 Å². The predicted octanol–water partition coefficient (Wildman–Crippen LogP) is 1.19. The largest absolute Gasteiger partial charge is 0.384 e. The van der Waals surface area contributed by atoms with Crippen molar-refractivity contribution in [3.8, 4) is 11.8 Å². The highest BCUT2D eigenvalue weighted by Gasteiger charge is 2.59. The molecule has 96 valence electrons. The third-order valence-corrected chi connectivity index (χ3v) is 3.60. The Bertz CT molecular complexity index is 624. The maximum Gasteiger partial charge on any atom is 0.237 e. The predicted molar refractivity (Wildman–Crippen MR) is 69.5 cm³/mol. The average molecular weight is 276 g/mol. The van der Waals surface area contributed by atoms with Crippen LogP contribution in [0, 0.1) is 23.7 Å². The summed E-state index contributed by atoms with van der Waals surface area (Å²) in [6, 6.07) is 4.84. The monoisotopic (exact) mass is 275 g/mol. The molecule has 1 aliphatic heterocycles. The lowest BCUT2D eigenvalue weighted by Gasteiger charge is -2.18. The van der Waals surface area contributed by atoms with Crippen molar-refractivity contribution in [2.45, 2.75) is 6.42 Å². The maximum absolute atomic E-state index is 12.1. The molecular formula is C14H10ClNO3. The van der Waals surface area contributed by atoms with E-state index in [-0.39, 0.29) is 30.3 Å². The molecule has 1 N–H and O–H groups in total. The number of hydrogen-bond donors (Lipinski definition) is 1. The van der Waals surface area contributed by atoms with Crippen molar-refractivity contribution in [2.24, 2.45) is 11.8 Å². The minimum atomic E-state index is -0.283.